The average Bonchev–Trinajstić information content (AvgIpc) is 2.84. The molecule has 0 aromatic carbocycles. The van der Waals surface area contributed by atoms with E-state index in [1.54, 1.807) is 11.3 Å². The molecule has 0 spiro atoms. The Morgan fingerprint density at radius 3 is 2.60 bits per heavy atom. The van der Waals surface area contributed by atoms with Crippen LogP contribution in [0.4, 0.5) is 0 Å². The van der Waals surface area contributed by atoms with E-state index in [0.29, 0.717) is 6.04 Å². The van der Waals surface area contributed by atoms with Crippen LogP contribution in [-0.2, 0) is 11.2 Å². The molecule has 114 valence electrons. The summed E-state index contributed by atoms with van der Waals surface area (Å²) in [5.41, 5.74) is 1.95. The highest BCUT2D eigenvalue weighted by molar-refractivity contribution is 7.09. The van der Waals surface area contributed by atoms with E-state index in [9.17, 15) is 0 Å². The zero-order chi connectivity index (χ0) is 14.3. The normalized spacial score (nSPS) is 20.5. The van der Waals surface area contributed by atoms with Crippen LogP contribution < -0.4 is 5.32 Å². The van der Waals surface area contributed by atoms with Crippen molar-refractivity contribution in [3.05, 3.63) is 16.6 Å². The standard InChI is InChI=1S/C16H28N2OS/c1-3-18-15(11-14-12-17-13-20-14)16(19-4-2)9-7-5-6-8-10-16/h12-13,15,18H,3-11H2,1-2H3. The summed E-state index contributed by atoms with van der Waals surface area (Å²) in [6.45, 7) is 6.13. The molecule has 1 N–H and O–H groups in total. The van der Waals surface area contributed by atoms with E-state index < -0.39 is 0 Å². The van der Waals surface area contributed by atoms with Crippen LogP contribution in [0.5, 0.6) is 0 Å². The van der Waals surface area contributed by atoms with Gasteiger partial charge in [-0.25, -0.2) is 0 Å². The summed E-state index contributed by atoms with van der Waals surface area (Å²) in [7, 11) is 0. The lowest BCUT2D eigenvalue weighted by Gasteiger charge is -2.40. The van der Waals surface area contributed by atoms with Gasteiger partial charge in [0.2, 0.25) is 0 Å². The number of nitrogens with one attached hydrogen (secondary N) is 1. The fourth-order valence-corrected chi connectivity index (χ4v) is 4.08. The summed E-state index contributed by atoms with van der Waals surface area (Å²) in [4.78, 5) is 5.58. The lowest BCUT2D eigenvalue weighted by atomic mass is 9.84. The van der Waals surface area contributed by atoms with Crippen LogP contribution in [-0.4, -0.2) is 29.8 Å². The summed E-state index contributed by atoms with van der Waals surface area (Å²) >= 11 is 1.76. The topological polar surface area (TPSA) is 34.2 Å². The number of thiazole rings is 1. The number of hydrogen-bond donors (Lipinski definition) is 1. The minimum Gasteiger partial charge on any atom is -0.374 e. The van der Waals surface area contributed by atoms with Crippen LogP contribution in [0.15, 0.2) is 11.7 Å². The van der Waals surface area contributed by atoms with E-state index in [4.69, 9.17) is 4.74 Å². The Balaban J connectivity index is 2.16. The number of aromatic nitrogens is 1. The maximum Gasteiger partial charge on any atom is 0.0838 e. The molecule has 0 amide bonds. The Morgan fingerprint density at radius 2 is 2.05 bits per heavy atom. The Labute approximate surface area is 127 Å². The van der Waals surface area contributed by atoms with Gasteiger partial charge in [0.1, 0.15) is 0 Å². The summed E-state index contributed by atoms with van der Waals surface area (Å²) in [5.74, 6) is 0. The molecule has 1 aromatic rings. The second kappa shape index (κ2) is 8.11. The monoisotopic (exact) mass is 296 g/mol. The molecule has 0 bridgehead atoms. The molecule has 2 rings (SSSR count). The molecule has 20 heavy (non-hydrogen) atoms. The van der Waals surface area contributed by atoms with Crippen molar-refractivity contribution in [1.82, 2.24) is 10.3 Å². The fraction of sp³-hybridized carbons (Fsp3) is 0.812. The van der Waals surface area contributed by atoms with Crippen molar-refractivity contribution in [1.29, 1.82) is 0 Å². The van der Waals surface area contributed by atoms with Crippen molar-refractivity contribution in [2.75, 3.05) is 13.2 Å². The number of rotatable bonds is 7. The number of ether oxygens (including phenoxy) is 1. The van der Waals surface area contributed by atoms with Gasteiger partial charge in [-0.1, -0.05) is 32.6 Å². The van der Waals surface area contributed by atoms with E-state index in [0.717, 1.165) is 19.6 Å². The van der Waals surface area contributed by atoms with Gasteiger partial charge in [0.25, 0.3) is 0 Å². The Morgan fingerprint density at radius 1 is 1.30 bits per heavy atom. The van der Waals surface area contributed by atoms with Crippen LogP contribution >= 0.6 is 11.3 Å². The van der Waals surface area contributed by atoms with Crippen LogP contribution in [0.2, 0.25) is 0 Å². The van der Waals surface area contributed by atoms with Crippen molar-refractivity contribution in [2.24, 2.45) is 0 Å². The van der Waals surface area contributed by atoms with Gasteiger partial charge in [-0.2, -0.15) is 0 Å². The van der Waals surface area contributed by atoms with Crippen molar-refractivity contribution in [3.63, 3.8) is 0 Å². The molecule has 1 aliphatic rings. The van der Waals surface area contributed by atoms with Gasteiger partial charge >= 0.3 is 0 Å². The first-order valence-corrected chi connectivity index (χ1v) is 8.93. The van der Waals surface area contributed by atoms with Crippen LogP contribution in [0.1, 0.15) is 57.2 Å². The predicted molar refractivity (Wildman–Crippen MR) is 85.3 cm³/mol. The lowest BCUT2D eigenvalue weighted by molar-refractivity contribution is -0.0762. The minimum atomic E-state index is 0.0191. The Bertz CT molecular complexity index is 359. The first kappa shape index (κ1) is 15.9. The van der Waals surface area contributed by atoms with Gasteiger partial charge in [-0.3, -0.25) is 4.98 Å². The summed E-state index contributed by atoms with van der Waals surface area (Å²) < 4.78 is 6.34. The third-order valence-corrected chi connectivity index (χ3v) is 5.16. The van der Waals surface area contributed by atoms with E-state index in [1.165, 1.54) is 43.4 Å². The van der Waals surface area contributed by atoms with Crippen LogP contribution in [0.25, 0.3) is 0 Å². The van der Waals surface area contributed by atoms with Crippen LogP contribution in [0.3, 0.4) is 0 Å². The highest BCUT2D eigenvalue weighted by Crippen LogP contribution is 2.35. The molecule has 1 aromatic heterocycles. The molecular weight excluding hydrogens is 268 g/mol. The molecule has 0 aliphatic heterocycles. The smallest absolute Gasteiger partial charge is 0.0838 e. The summed E-state index contributed by atoms with van der Waals surface area (Å²) in [6.07, 6.45) is 10.7. The number of hydrogen-bond acceptors (Lipinski definition) is 4. The average molecular weight is 296 g/mol. The largest absolute Gasteiger partial charge is 0.374 e. The number of nitrogens with zero attached hydrogens (tertiary/aromatic N) is 1. The molecule has 1 fully saturated rings. The van der Waals surface area contributed by atoms with E-state index in [1.807, 2.05) is 11.7 Å². The predicted octanol–water partition coefficient (Wildman–Crippen LogP) is 3.79. The zero-order valence-corrected chi connectivity index (χ0v) is 13.7. The SMILES string of the molecule is CCNC(Cc1cncs1)C1(OCC)CCCCCC1. The maximum atomic E-state index is 6.34. The van der Waals surface area contributed by atoms with Gasteiger partial charge in [-0.15, -0.1) is 11.3 Å². The fourth-order valence-electron chi connectivity index (χ4n) is 3.44. The minimum absolute atomic E-state index is 0.0191. The van der Waals surface area contributed by atoms with E-state index >= 15 is 0 Å². The van der Waals surface area contributed by atoms with Gasteiger partial charge in [0.15, 0.2) is 0 Å². The molecule has 1 atom stereocenters. The second-order valence-electron chi connectivity index (χ2n) is 5.69. The van der Waals surface area contributed by atoms with Gasteiger partial charge in [-0.05, 0) is 26.3 Å². The van der Waals surface area contributed by atoms with Gasteiger partial charge in [0, 0.05) is 30.1 Å². The quantitative estimate of drug-likeness (QED) is 0.777. The van der Waals surface area contributed by atoms with E-state index in [-0.39, 0.29) is 5.60 Å². The third-order valence-electron chi connectivity index (χ3n) is 4.36. The van der Waals surface area contributed by atoms with Gasteiger partial charge < -0.3 is 10.1 Å². The Kier molecular flexibility index (Phi) is 6.46. The summed E-state index contributed by atoms with van der Waals surface area (Å²) in [5, 5.41) is 3.70. The molecular formula is C16H28N2OS. The molecule has 1 saturated carbocycles. The second-order valence-corrected chi connectivity index (χ2v) is 6.67. The molecule has 3 nitrogen and oxygen atoms in total. The molecule has 0 saturated heterocycles. The van der Waals surface area contributed by atoms with Gasteiger partial charge in [0.05, 0.1) is 11.1 Å². The molecule has 1 aliphatic carbocycles. The first-order chi connectivity index (χ1) is 9.80. The third kappa shape index (κ3) is 4.03. The molecule has 1 heterocycles. The van der Waals surface area contributed by atoms with Crippen LogP contribution in [0, 0.1) is 0 Å². The molecule has 0 radical (unpaired) electrons. The number of likely N-dealkylation sites (N-methyl/N-ethyl adjacent to an activating group) is 1. The maximum absolute atomic E-state index is 6.34. The van der Waals surface area contributed by atoms with Crippen molar-refractivity contribution in [3.8, 4) is 0 Å². The highest BCUT2D eigenvalue weighted by Gasteiger charge is 2.39. The Hall–Kier alpha value is -0.450. The van der Waals surface area contributed by atoms with E-state index in [2.05, 4.69) is 24.1 Å². The highest BCUT2D eigenvalue weighted by atomic mass is 32.1. The molecule has 1 unspecified atom stereocenters. The molecule has 4 heteroatoms. The zero-order valence-electron chi connectivity index (χ0n) is 12.9. The van der Waals surface area contributed by atoms with Crippen molar-refractivity contribution >= 4 is 11.3 Å². The van der Waals surface area contributed by atoms with Crippen molar-refractivity contribution < 1.29 is 4.74 Å². The first-order valence-electron chi connectivity index (χ1n) is 8.05. The summed E-state index contributed by atoms with van der Waals surface area (Å²) in [6, 6.07) is 0.408. The van der Waals surface area contributed by atoms with Crippen molar-refractivity contribution in [2.45, 2.75) is 70.4 Å². The lowest BCUT2D eigenvalue weighted by Crippen LogP contribution is -2.53.